The number of amides is 1. The largest absolute Gasteiger partial charge is 0.382 e. The van der Waals surface area contributed by atoms with E-state index in [-0.39, 0.29) is 16.5 Å². The highest BCUT2D eigenvalue weighted by molar-refractivity contribution is 6.32. The normalized spacial score (nSPS) is 10.0. The lowest BCUT2D eigenvalue weighted by atomic mass is 10.3. The molecule has 0 spiro atoms. The van der Waals surface area contributed by atoms with Gasteiger partial charge in [-0.25, -0.2) is 4.68 Å². The fraction of sp³-hybridized carbons (Fsp3) is 0.417. The molecular weight excluding hydrogens is 268 g/mol. The van der Waals surface area contributed by atoms with Crippen LogP contribution in [0.25, 0.3) is 0 Å². The Balaban J connectivity index is 2.65. The van der Waals surface area contributed by atoms with E-state index in [4.69, 9.17) is 11.6 Å². The second-order valence-electron chi connectivity index (χ2n) is 3.78. The number of hydrogen-bond acceptors (Lipinski definition) is 4. The molecule has 2 N–H and O–H groups in total. The van der Waals surface area contributed by atoms with Gasteiger partial charge in [-0.3, -0.25) is 9.59 Å². The van der Waals surface area contributed by atoms with Gasteiger partial charge >= 0.3 is 0 Å². The third-order valence-corrected chi connectivity index (χ3v) is 2.69. The van der Waals surface area contributed by atoms with Gasteiger partial charge in [0.15, 0.2) is 0 Å². The van der Waals surface area contributed by atoms with Crippen molar-refractivity contribution in [3.8, 4) is 0 Å². The fourth-order valence-corrected chi connectivity index (χ4v) is 1.65. The van der Waals surface area contributed by atoms with Gasteiger partial charge in [0.25, 0.3) is 5.56 Å². The molecule has 1 amide bonds. The van der Waals surface area contributed by atoms with Gasteiger partial charge in [0.1, 0.15) is 5.02 Å². The topological polar surface area (TPSA) is 76.0 Å². The van der Waals surface area contributed by atoms with E-state index in [0.717, 1.165) is 0 Å². The molecule has 0 aliphatic rings. The van der Waals surface area contributed by atoms with E-state index < -0.39 is 0 Å². The highest BCUT2D eigenvalue weighted by Gasteiger charge is 2.08. The maximum absolute atomic E-state index is 11.8. The van der Waals surface area contributed by atoms with E-state index in [1.807, 2.05) is 6.92 Å². The van der Waals surface area contributed by atoms with Crippen LogP contribution in [0.5, 0.6) is 0 Å². The minimum Gasteiger partial charge on any atom is -0.382 e. The lowest BCUT2D eigenvalue weighted by Gasteiger charge is -2.09. The number of carbonyl (C=O) groups excluding carboxylic acids is 1. The van der Waals surface area contributed by atoms with Crippen molar-refractivity contribution in [3.63, 3.8) is 0 Å². The van der Waals surface area contributed by atoms with Crippen LogP contribution in [0.1, 0.15) is 13.3 Å². The molecule has 0 radical (unpaired) electrons. The van der Waals surface area contributed by atoms with Crippen LogP contribution in [-0.2, 0) is 11.3 Å². The van der Waals surface area contributed by atoms with Crippen LogP contribution in [-0.4, -0.2) is 28.8 Å². The van der Waals surface area contributed by atoms with Crippen molar-refractivity contribution in [2.75, 3.05) is 18.4 Å². The van der Waals surface area contributed by atoms with Crippen LogP contribution in [0.2, 0.25) is 5.02 Å². The fourth-order valence-electron chi connectivity index (χ4n) is 1.44. The number of anilines is 1. The van der Waals surface area contributed by atoms with Crippen molar-refractivity contribution in [3.05, 3.63) is 34.2 Å². The SMILES string of the molecule is C=CCn1ncc(NCCC(=O)NCC)c(Cl)c1=O. The number of aromatic nitrogens is 2. The van der Waals surface area contributed by atoms with E-state index >= 15 is 0 Å². The van der Waals surface area contributed by atoms with E-state index in [9.17, 15) is 9.59 Å². The lowest BCUT2D eigenvalue weighted by Crippen LogP contribution is -2.26. The third-order valence-electron chi connectivity index (χ3n) is 2.33. The number of hydrogen-bond donors (Lipinski definition) is 2. The quantitative estimate of drug-likeness (QED) is 0.733. The highest BCUT2D eigenvalue weighted by atomic mass is 35.5. The van der Waals surface area contributed by atoms with Gasteiger partial charge in [0.05, 0.1) is 18.4 Å². The standard InChI is InChI=1S/C12H17ClN4O2/c1-3-7-17-12(19)11(13)9(8-16-17)15-6-5-10(18)14-4-2/h3,8,15H,1,4-7H2,2H3,(H,14,18). The number of nitrogens with one attached hydrogen (secondary N) is 2. The molecule has 0 bridgehead atoms. The van der Waals surface area contributed by atoms with Crippen LogP contribution in [0, 0.1) is 0 Å². The monoisotopic (exact) mass is 284 g/mol. The molecule has 7 heteroatoms. The Morgan fingerprint density at radius 2 is 2.37 bits per heavy atom. The summed E-state index contributed by atoms with van der Waals surface area (Å²) >= 11 is 5.94. The summed E-state index contributed by atoms with van der Waals surface area (Å²) in [5.74, 6) is -0.0564. The molecule has 0 aromatic carbocycles. The number of rotatable bonds is 7. The minimum atomic E-state index is -0.385. The van der Waals surface area contributed by atoms with Crippen LogP contribution >= 0.6 is 11.6 Å². The first-order valence-corrected chi connectivity index (χ1v) is 6.35. The van der Waals surface area contributed by atoms with Gasteiger partial charge in [-0.2, -0.15) is 5.10 Å². The van der Waals surface area contributed by atoms with Gasteiger partial charge in [-0.1, -0.05) is 17.7 Å². The Morgan fingerprint density at radius 3 is 3.00 bits per heavy atom. The summed E-state index contributed by atoms with van der Waals surface area (Å²) in [5.41, 5.74) is 0.0425. The molecule has 0 saturated carbocycles. The first kappa shape index (κ1) is 15.2. The van der Waals surface area contributed by atoms with Crippen molar-refractivity contribution in [2.24, 2.45) is 0 Å². The van der Waals surface area contributed by atoms with Crippen LogP contribution < -0.4 is 16.2 Å². The molecular formula is C12H17ClN4O2. The molecule has 104 valence electrons. The third kappa shape index (κ3) is 4.40. The molecule has 0 fully saturated rings. The maximum Gasteiger partial charge on any atom is 0.287 e. The van der Waals surface area contributed by atoms with Crippen LogP contribution in [0.15, 0.2) is 23.6 Å². The molecule has 19 heavy (non-hydrogen) atoms. The van der Waals surface area contributed by atoms with Gasteiger partial charge in [0, 0.05) is 19.5 Å². The zero-order valence-electron chi connectivity index (χ0n) is 10.8. The first-order chi connectivity index (χ1) is 9.10. The molecule has 1 heterocycles. The van der Waals surface area contributed by atoms with Crippen molar-refractivity contribution >= 4 is 23.2 Å². The molecule has 0 saturated heterocycles. The molecule has 1 aromatic rings. The Labute approximate surface area is 116 Å². The molecule has 0 atom stereocenters. The van der Waals surface area contributed by atoms with Gasteiger partial charge in [-0.05, 0) is 6.92 Å². The smallest absolute Gasteiger partial charge is 0.287 e. The summed E-state index contributed by atoms with van der Waals surface area (Å²) in [6.45, 7) is 6.67. The van der Waals surface area contributed by atoms with E-state index in [0.29, 0.717) is 31.7 Å². The maximum atomic E-state index is 11.8. The molecule has 0 aliphatic carbocycles. The number of carbonyl (C=O) groups is 1. The summed E-state index contributed by atoms with van der Waals surface area (Å²) in [6.07, 6.45) is 3.33. The molecule has 0 unspecified atom stereocenters. The van der Waals surface area contributed by atoms with E-state index in [2.05, 4.69) is 22.3 Å². The van der Waals surface area contributed by atoms with Crippen molar-refractivity contribution in [1.82, 2.24) is 15.1 Å². The predicted octanol–water partition coefficient (Wildman–Crippen LogP) is 1.02. The average Bonchev–Trinajstić information content (AvgIpc) is 2.38. The summed E-state index contributed by atoms with van der Waals surface area (Å²) in [7, 11) is 0. The van der Waals surface area contributed by atoms with Gasteiger partial charge in [0.2, 0.25) is 5.91 Å². The predicted molar refractivity (Wildman–Crippen MR) is 75.5 cm³/mol. The zero-order valence-corrected chi connectivity index (χ0v) is 11.5. The van der Waals surface area contributed by atoms with Crippen LogP contribution in [0.3, 0.4) is 0 Å². The Morgan fingerprint density at radius 1 is 1.63 bits per heavy atom. The zero-order chi connectivity index (χ0) is 14.3. The lowest BCUT2D eigenvalue weighted by molar-refractivity contribution is -0.120. The number of nitrogens with zero attached hydrogens (tertiary/aromatic N) is 2. The number of halogens is 1. The second-order valence-corrected chi connectivity index (χ2v) is 4.16. The van der Waals surface area contributed by atoms with Gasteiger partial charge in [-0.15, -0.1) is 6.58 Å². The molecule has 1 rings (SSSR count). The molecule has 0 aliphatic heterocycles. The van der Waals surface area contributed by atoms with E-state index in [1.54, 1.807) is 6.08 Å². The highest BCUT2D eigenvalue weighted by Crippen LogP contribution is 2.14. The van der Waals surface area contributed by atoms with Crippen LogP contribution in [0.4, 0.5) is 5.69 Å². The van der Waals surface area contributed by atoms with Crippen molar-refractivity contribution < 1.29 is 4.79 Å². The van der Waals surface area contributed by atoms with Crippen molar-refractivity contribution in [2.45, 2.75) is 19.9 Å². The molecule has 6 nitrogen and oxygen atoms in total. The first-order valence-electron chi connectivity index (χ1n) is 5.97. The average molecular weight is 285 g/mol. The summed E-state index contributed by atoms with van der Waals surface area (Å²) < 4.78 is 1.21. The summed E-state index contributed by atoms with van der Waals surface area (Å²) in [5, 5.41) is 9.61. The summed E-state index contributed by atoms with van der Waals surface area (Å²) in [4.78, 5) is 23.0. The van der Waals surface area contributed by atoms with Gasteiger partial charge < -0.3 is 10.6 Å². The summed E-state index contributed by atoms with van der Waals surface area (Å²) in [6, 6.07) is 0. The Hall–Kier alpha value is -1.82. The minimum absolute atomic E-state index is 0.0564. The Kier molecular flexibility index (Phi) is 6.08. The Bertz CT molecular complexity index is 513. The van der Waals surface area contributed by atoms with Crippen molar-refractivity contribution in [1.29, 1.82) is 0 Å². The number of allylic oxidation sites excluding steroid dienone is 1. The van der Waals surface area contributed by atoms with E-state index in [1.165, 1.54) is 10.9 Å². The second kappa shape index (κ2) is 7.58. The molecule has 1 aromatic heterocycles.